The van der Waals surface area contributed by atoms with Gasteiger partial charge in [0.1, 0.15) is 0 Å². The van der Waals surface area contributed by atoms with Gasteiger partial charge in [-0.1, -0.05) is 24.3 Å². The molecule has 1 aromatic carbocycles. The lowest BCUT2D eigenvalue weighted by Gasteiger charge is -2.24. The zero-order chi connectivity index (χ0) is 8.93. The van der Waals surface area contributed by atoms with E-state index in [4.69, 9.17) is 0 Å². The number of nitrogens with one attached hydrogen (secondary N) is 1. The van der Waals surface area contributed by atoms with Crippen LogP contribution in [0.25, 0.3) is 0 Å². The second kappa shape index (κ2) is 3.99. The maximum absolute atomic E-state index is 3.33. The van der Waals surface area contributed by atoms with Crippen molar-refractivity contribution in [3.8, 4) is 0 Å². The van der Waals surface area contributed by atoms with Crippen LogP contribution in [0.15, 0.2) is 42.6 Å². The Balaban J connectivity index is 1.98. The Morgan fingerprint density at radius 2 is 2.00 bits per heavy atom. The van der Waals surface area contributed by atoms with Crippen molar-refractivity contribution in [3.05, 3.63) is 42.6 Å². The smallest absolute Gasteiger partial charge is 0.0541 e. The van der Waals surface area contributed by atoms with Gasteiger partial charge >= 0.3 is 0 Å². The van der Waals surface area contributed by atoms with Gasteiger partial charge in [-0.2, -0.15) is 0 Å². The fourth-order valence-electron chi connectivity index (χ4n) is 1.43. The Bertz CT molecular complexity index is 279. The molecule has 0 amide bonds. The van der Waals surface area contributed by atoms with E-state index in [0.29, 0.717) is 0 Å². The second-order valence-electron chi connectivity index (χ2n) is 3.20. The number of nitrogens with zero attached hydrogens (tertiary/aromatic N) is 1. The molecule has 1 aliphatic rings. The third-order valence-electron chi connectivity index (χ3n) is 2.10. The van der Waals surface area contributed by atoms with Gasteiger partial charge in [-0.25, -0.2) is 0 Å². The quantitative estimate of drug-likeness (QED) is 0.741. The number of para-hydroxylation sites is 1. The van der Waals surface area contributed by atoms with Crippen LogP contribution in [0.4, 0.5) is 5.69 Å². The minimum Gasteiger partial charge on any atom is -0.299 e. The minimum atomic E-state index is 1.09. The number of allylic oxidation sites excluding steroid dienone is 1. The van der Waals surface area contributed by atoms with Crippen molar-refractivity contribution in [2.75, 3.05) is 12.0 Å². The van der Waals surface area contributed by atoms with Crippen molar-refractivity contribution in [1.29, 1.82) is 0 Å². The monoisotopic (exact) mass is 174 g/mol. The van der Waals surface area contributed by atoms with Gasteiger partial charge in [0.15, 0.2) is 0 Å². The van der Waals surface area contributed by atoms with Gasteiger partial charge in [-0.3, -0.25) is 10.4 Å². The van der Waals surface area contributed by atoms with Crippen molar-refractivity contribution in [2.45, 2.75) is 12.8 Å². The van der Waals surface area contributed by atoms with Crippen LogP contribution in [-0.2, 0) is 0 Å². The molecule has 0 saturated heterocycles. The van der Waals surface area contributed by atoms with Crippen LogP contribution in [-0.4, -0.2) is 11.6 Å². The summed E-state index contributed by atoms with van der Waals surface area (Å²) in [5.41, 5.74) is 4.47. The third kappa shape index (κ3) is 2.25. The van der Waals surface area contributed by atoms with Crippen LogP contribution in [0.2, 0.25) is 0 Å². The van der Waals surface area contributed by atoms with Gasteiger partial charge in [0.2, 0.25) is 0 Å². The van der Waals surface area contributed by atoms with E-state index >= 15 is 0 Å². The van der Waals surface area contributed by atoms with E-state index in [0.717, 1.165) is 12.2 Å². The number of rotatable bonds is 2. The molecule has 2 heteroatoms. The number of anilines is 1. The zero-order valence-electron chi connectivity index (χ0n) is 7.61. The van der Waals surface area contributed by atoms with Crippen molar-refractivity contribution >= 4 is 5.69 Å². The van der Waals surface area contributed by atoms with Gasteiger partial charge in [0.05, 0.1) is 5.69 Å². The maximum Gasteiger partial charge on any atom is 0.0541 e. The van der Waals surface area contributed by atoms with Crippen LogP contribution in [0.3, 0.4) is 0 Å². The van der Waals surface area contributed by atoms with Crippen molar-refractivity contribution in [2.24, 2.45) is 0 Å². The van der Waals surface area contributed by atoms with E-state index in [1.807, 2.05) is 18.2 Å². The fraction of sp³-hybridized carbons (Fsp3) is 0.273. The molecule has 1 aliphatic heterocycles. The molecule has 1 N–H and O–H groups in total. The van der Waals surface area contributed by atoms with Crippen molar-refractivity contribution in [3.63, 3.8) is 0 Å². The highest BCUT2D eigenvalue weighted by atomic mass is 15.5. The molecule has 1 aromatic rings. The largest absolute Gasteiger partial charge is 0.299 e. The van der Waals surface area contributed by atoms with E-state index in [1.54, 1.807) is 0 Å². The molecule has 2 rings (SSSR count). The molecule has 0 unspecified atom stereocenters. The summed E-state index contributed by atoms with van der Waals surface area (Å²) in [7, 11) is 0. The summed E-state index contributed by atoms with van der Waals surface area (Å²) in [6.07, 6.45) is 6.74. The Morgan fingerprint density at radius 1 is 1.15 bits per heavy atom. The van der Waals surface area contributed by atoms with E-state index in [9.17, 15) is 0 Å². The lowest BCUT2D eigenvalue weighted by atomic mass is 10.2. The van der Waals surface area contributed by atoms with Crippen LogP contribution in [0.1, 0.15) is 12.8 Å². The standard InChI is InChI=1S/C11H14N2/c1-3-7-11(8-4-1)12-13-9-5-2-6-10-13/h1,3-5,7-9,12H,2,6,10H2. The van der Waals surface area contributed by atoms with E-state index in [-0.39, 0.29) is 0 Å². The molecule has 2 nitrogen and oxygen atoms in total. The molecule has 0 aliphatic carbocycles. The van der Waals surface area contributed by atoms with Crippen LogP contribution in [0, 0.1) is 0 Å². The highest BCUT2D eigenvalue weighted by Gasteiger charge is 2.01. The average Bonchev–Trinajstić information content (AvgIpc) is 2.21. The summed E-state index contributed by atoms with van der Waals surface area (Å²) in [6, 6.07) is 10.2. The SMILES string of the molecule is C1=CN(Nc2ccccc2)CCC1. The number of benzene rings is 1. The molecule has 0 saturated carbocycles. The number of hydrogen-bond donors (Lipinski definition) is 1. The Labute approximate surface area is 78.8 Å². The Morgan fingerprint density at radius 3 is 2.69 bits per heavy atom. The summed E-state index contributed by atoms with van der Waals surface area (Å²) in [5, 5.41) is 2.12. The Kier molecular flexibility index (Phi) is 2.51. The number of hydrazine groups is 1. The predicted octanol–water partition coefficient (Wildman–Crippen LogP) is 2.62. The molecule has 68 valence electrons. The van der Waals surface area contributed by atoms with Crippen LogP contribution in [0.5, 0.6) is 0 Å². The molecule has 1 heterocycles. The molecule has 0 bridgehead atoms. The summed E-state index contributed by atoms with van der Waals surface area (Å²) < 4.78 is 0. The molecule has 0 radical (unpaired) electrons. The summed E-state index contributed by atoms with van der Waals surface area (Å²) in [5.74, 6) is 0. The van der Waals surface area contributed by atoms with Gasteiger partial charge < -0.3 is 0 Å². The van der Waals surface area contributed by atoms with Crippen LogP contribution < -0.4 is 5.43 Å². The van der Waals surface area contributed by atoms with Crippen molar-refractivity contribution in [1.82, 2.24) is 5.01 Å². The first kappa shape index (κ1) is 8.17. The van der Waals surface area contributed by atoms with Gasteiger partial charge in [0, 0.05) is 12.7 Å². The lowest BCUT2D eigenvalue weighted by molar-refractivity contribution is 0.419. The first-order chi connectivity index (χ1) is 6.45. The molecule has 0 spiro atoms. The van der Waals surface area contributed by atoms with Crippen LogP contribution >= 0.6 is 0 Å². The van der Waals surface area contributed by atoms with E-state index < -0.39 is 0 Å². The van der Waals surface area contributed by atoms with Gasteiger partial charge in [-0.05, 0) is 25.0 Å². The molecule has 0 aromatic heterocycles. The number of hydrogen-bond acceptors (Lipinski definition) is 2. The van der Waals surface area contributed by atoms with E-state index in [1.165, 1.54) is 12.8 Å². The second-order valence-corrected chi connectivity index (χ2v) is 3.20. The minimum absolute atomic E-state index is 1.09. The summed E-state index contributed by atoms with van der Waals surface area (Å²) >= 11 is 0. The third-order valence-corrected chi connectivity index (χ3v) is 2.10. The molecule has 13 heavy (non-hydrogen) atoms. The highest BCUT2D eigenvalue weighted by molar-refractivity contribution is 5.41. The average molecular weight is 174 g/mol. The molecule has 0 atom stereocenters. The normalized spacial score (nSPS) is 15.8. The topological polar surface area (TPSA) is 15.3 Å². The summed E-state index contributed by atoms with van der Waals surface area (Å²) in [6.45, 7) is 1.09. The maximum atomic E-state index is 3.33. The zero-order valence-corrected chi connectivity index (χ0v) is 7.61. The van der Waals surface area contributed by atoms with Gasteiger partial charge in [-0.15, -0.1) is 0 Å². The first-order valence-corrected chi connectivity index (χ1v) is 4.70. The predicted molar refractivity (Wildman–Crippen MR) is 55.1 cm³/mol. The Hall–Kier alpha value is -1.44. The molecular weight excluding hydrogens is 160 g/mol. The lowest BCUT2D eigenvalue weighted by Crippen LogP contribution is -2.27. The van der Waals surface area contributed by atoms with E-state index in [2.05, 4.69) is 34.8 Å². The molecular formula is C11H14N2. The van der Waals surface area contributed by atoms with Gasteiger partial charge in [0.25, 0.3) is 0 Å². The first-order valence-electron chi connectivity index (χ1n) is 4.70. The highest BCUT2D eigenvalue weighted by Crippen LogP contribution is 2.10. The summed E-state index contributed by atoms with van der Waals surface area (Å²) in [4.78, 5) is 0. The van der Waals surface area contributed by atoms with Crippen molar-refractivity contribution < 1.29 is 0 Å². The molecule has 0 fully saturated rings. The fourth-order valence-corrected chi connectivity index (χ4v) is 1.43.